The summed E-state index contributed by atoms with van der Waals surface area (Å²) in [6.07, 6.45) is 1.16. The Bertz CT molecular complexity index is 351. The highest BCUT2D eigenvalue weighted by Gasteiger charge is 2.05. The third kappa shape index (κ3) is 5.30. The third-order valence-corrected chi connectivity index (χ3v) is 2.80. The number of methoxy groups -OCH3 is 2. The van der Waals surface area contributed by atoms with E-state index in [0.717, 1.165) is 32.6 Å². The smallest absolute Gasteiger partial charge is 0.229 e. The van der Waals surface area contributed by atoms with Crippen molar-refractivity contribution in [2.45, 2.75) is 20.3 Å². The molecule has 0 aliphatic rings. The Morgan fingerprint density at radius 3 is 2.21 bits per heavy atom. The Labute approximate surface area is 115 Å². The van der Waals surface area contributed by atoms with Crippen molar-refractivity contribution in [1.82, 2.24) is 14.9 Å². The van der Waals surface area contributed by atoms with Crippen molar-refractivity contribution in [3.8, 4) is 11.8 Å². The Morgan fingerprint density at radius 2 is 1.74 bits per heavy atom. The van der Waals surface area contributed by atoms with Gasteiger partial charge in [-0.1, -0.05) is 13.8 Å². The molecule has 0 aliphatic heterocycles. The van der Waals surface area contributed by atoms with Gasteiger partial charge in [0.2, 0.25) is 17.7 Å². The molecule has 0 unspecified atom stereocenters. The molecule has 0 radical (unpaired) electrons. The van der Waals surface area contributed by atoms with E-state index < -0.39 is 0 Å². The lowest BCUT2D eigenvalue weighted by Gasteiger charge is -2.19. The summed E-state index contributed by atoms with van der Waals surface area (Å²) >= 11 is 0. The van der Waals surface area contributed by atoms with Gasteiger partial charge in [0.15, 0.2) is 0 Å². The third-order valence-electron chi connectivity index (χ3n) is 2.80. The number of rotatable bonds is 9. The van der Waals surface area contributed by atoms with Crippen LogP contribution < -0.4 is 14.8 Å². The SMILES string of the molecule is CCCN(CC)CCNc1nc(OC)cc(OC)n1. The minimum Gasteiger partial charge on any atom is -0.481 e. The molecule has 0 spiro atoms. The molecule has 6 heteroatoms. The summed E-state index contributed by atoms with van der Waals surface area (Å²) in [4.78, 5) is 10.8. The molecule has 0 aromatic carbocycles. The first-order chi connectivity index (χ1) is 9.23. The Morgan fingerprint density at radius 1 is 1.11 bits per heavy atom. The number of anilines is 1. The second kappa shape index (κ2) is 8.53. The molecule has 1 N–H and O–H groups in total. The van der Waals surface area contributed by atoms with Gasteiger partial charge in [-0.05, 0) is 19.5 Å². The highest BCUT2D eigenvalue weighted by molar-refractivity contribution is 5.33. The first-order valence-electron chi connectivity index (χ1n) is 6.66. The fraction of sp³-hybridized carbons (Fsp3) is 0.692. The van der Waals surface area contributed by atoms with Crippen LogP contribution >= 0.6 is 0 Å². The molecule has 0 bridgehead atoms. The lowest BCUT2D eigenvalue weighted by Crippen LogP contribution is -2.29. The lowest BCUT2D eigenvalue weighted by atomic mass is 10.4. The summed E-state index contributed by atoms with van der Waals surface area (Å²) in [6, 6.07) is 1.65. The van der Waals surface area contributed by atoms with Gasteiger partial charge in [0.05, 0.1) is 20.3 Å². The number of nitrogens with one attached hydrogen (secondary N) is 1. The molecule has 1 heterocycles. The highest BCUT2D eigenvalue weighted by atomic mass is 16.5. The van der Waals surface area contributed by atoms with Crippen LogP contribution in [0.1, 0.15) is 20.3 Å². The van der Waals surface area contributed by atoms with Crippen LogP contribution in [0.5, 0.6) is 11.8 Å². The minimum atomic E-state index is 0.496. The molecular weight excluding hydrogens is 244 g/mol. The zero-order valence-electron chi connectivity index (χ0n) is 12.3. The van der Waals surface area contributed by atoms with Gasteiger partial charge >= 0.3 is 0 Å². The maximum absolute atomic E-state index is 5.10. The van der Waals surface area contributed by atoms with Gasteiger partial charge in [-0.3, -0.25) is 0 Å². The van der Waals surface area contributed by atoms with Crippen molar-refractivity contribution in [3.05, 3.63) is 6.07 Å². The Balaban J connectivity index is 2.52. The molecule has 0 aliphatic carbocycles. The van der Waals surface area contributed by atoms with Gasteiger partial charge in [-0.2, -0.15) is 9.97 Å². The Hall–Kier alpha value is -1.56. The number of hydrogen-bond donors (Lipinski definition) is 1. The molecule has 6 nitrogen and oxygen atoms in total. The second-order valence-electron chi connectivity index (χ2n) is 4.14. The molecule has 0 amide bonds. The van der Waals surface area contributed by atoms with Gasteiger partial charge in [0, 0.05) is 13.1 Å². The van der Waals surface area contributed by atoms with Crippen LogP contribution in [-0.2, 0) is 0 Å². The molecular formula is C13H24N4O2. The fourth-order valence-corrected chi connectivity index (χ4v) is 1.76. The summed E-state index contributed by atoms with van der Waals surface area (Å²) < 4.78 is 10.2. The van der Waals surface area contributed by atoms with E-state index in [1.165, 1.54) is 0 Å². The number of nitrogens with zero attached hydrogens (tertiary/aromatic N) is 3. The van der Waals surface area contributed by atoms with Crippen molar-refractivity contribution in [1.29, 1.82) is 0 Å². The quantitative estimate of drug-likeness (QED) is 0.734. The summed E-state index contributed by atoms with van der Waals surface area (Å²) in [5.74, 6) is 1.52. The summed E-state index contributed by atoms with van der Waals surface area (Å²) in [6.45, 7) is 8.28. The van der Waals surface area contributed by atoms with E-state index in [0.29, 0.717) is 17.7 Å². The van der Waals surface area contributed by atoms with E-state index in [2.05, 4.69) is 34.0 Å². The normalized spacial score (nSPS) is 10.6. The molecule has 1 rings (SSSR count). The number of aromatic nitrogens is 2. The van der Waals surface area contributed by atoms with Gasteiger partial charge in [0.25, 0.3) is 0 Å². The van der Waals surface area contributed by atoms with Crippen LogP contribution in [-0.4, -0.2) is 55.3 Å². The van der Waals surface area contributed by atoms with E-state index in [4.69, 9.17) is 9.47 Å². The molecule has 19 heavy (non-hydrogen) atoms. The molecule has 0 fully saturated rings. The Kier molecular flexibility index (Phi) is 6.95. The van der Waals surface area contributed by atoms with E-state index in [-0.39, 0.29) is 0 Å². The molecule has 0 saturated heterocycles. The van der Waals surface area contributed by atoms with Crippen LogP contribution in [0, 0.1) is 0 Å². The monoisotopic (exact) mass is 268 g/mol. The van der Waals surface area contributed by atoms with Crippen molar-refractivity contribution < 1.29 is 9.47 Å². The van der Waals surface area contributed by atoms with E-state index >= 15 is 0 Å². The summed E-state index contributed by atoms with van der Waals surface area (Å²) in [5.41, 5.74) is 0. The van der Waals surface area contributed by atoms with E-state index in [1.54, 1.807) is 20.3 Å². The maximum atomic E-state index is 5.10. The van der Waals surface area contributed by atoms with Crippen LogP contribution in [0.25, 0.3) is 0 Å². The first-order valence-corrected chi connectivity index (χ1v) is 6.66. The van der Waals surface area contributed by atoms with Crippen molar-refractivity contribution >= 4 is 5.95 Å². The topological polar surface area (TPSA) is 59.5 Å². The van der Waals surface area contributed by atoms with Crippen LogP contribution in [0.15, 0.2) is 6.07 Å². The minimum absolute atomic E-state index is 0.496. The van der Waals surface area contributed by atoms with E-state index in [1.807, 2.05) is 0 Å². The largest absolute Gasteiger partial charge is 0.481 e. The first kappa shape index (κ1) is 15.5. The highest BCUT2D eigenvalue weighted by Crippen LogP contribution is 2.16. The average molecular weight is 268 g/mol. The van der Waals surface area contributed by atoms with Crippen LogP contribution in [0.2, 0.25) is 0 Å². The molecule has 0 atom stereocenters. The molecule has 0 saturated carbocycles. The molecule has 1 aromatic rings. The van der Waals surface area contributed by atoms with Gasteiger partial charge in [0.1, 0.15) is 0 Å². The van der Waals surface area contributed by atoms with Gasteiger partial charge in [-0.25, -0.2) is 0 Å². The van der Waals surface area contributed by atoms with Crippen LogP contribution in [0.4, 0.5) is 5.95 Å². The van der Waals surface area contributed by atoms with Crippen molar-refractivity contribution in [2.75, 3.05) is 45.7 Å². The molecule has 1 aromatic heterocycles. The number of ether oxygens (including phenoxy) is 2. The van der Waals surface area contributed by atoms with Crippen molar-refractivity contribution in [2.24, 2.45) is 0 Å². The second-order valence-corrected chi connectivity index (χ2v) is 4.14. The van der Waals surface area contributed by atoms with E-state index in [9.17, 15) is 0 Å². The zero-order chi connectivity index (χ0) is 14.1. The standard InChI is InChI=1S/C13H24N4O2/c1-5-8-17(6-2)9-7-14-13-15-11(18-3)10-12(16-13)19-4/h10H,5-9H2,1-4H3,(H,14,15,16). The predicted molar refractivity (Wildman–Crippen MR) is 76.0 cm³/mol. The van der Waals surface area contributed by atoms with Gasteiger partial charge in [-0.15, -0.1) is 0 Å². The maximum Gasteiger partial charge on any atom is 0.229 e. The van der Waals surface area contributed by atoms with Crippen LogP contribution in [0.3, 0.4) is 0 Å². The average Bonchev–Trinajstić information content (AvgIpc) is 2.45. The van der Waals surface area contributed by atoms with Gasteiger partial charge < -0.3 is 19.7 Å². The summed E-state index contributed by atoms with van der Waals surface area (Å²) in [5, 5.41) is 3.19. The number of likely N-dealkylation sites (N-methyl/N-ethyl adjacent to an activating group) is 1. The summed E-state index contributed by atoms with van der Waals surface area (Å²) in [7, 11) is 3.15. The lowest BCUT2D eigenvalue weighted by molar-refractivity contribution is 0.299. The molecule has 108 valence electrons. The van der Waals surface area contributed by atoms with Crippen molar-refractivity contribution in [3.63, 3.8) is 0 Å². The number of hydrogen-bond acceptors (Lipinski definition) is 6. The predicted octanol–water partition coefficient (Wildman–Crippen LogP) is 1.64. The zero-order valence-corrected chi connectivity index (χ0v) is 12.3. The fourth-order valence-electron chi connectivity index (χ4n) is 1.76.